The van der Waals surface area contributed by atoms with E-state index in [9.17, 15) is 4.79 Å². The molecule has 1 amide bonds. The van der Waals surface area contributed by atoms with Crippen molar-refractivity contribution < 1.29 is 4.79 Å². The maximum atomic E-state index is 13.1. The summed E-state index contributed by atoms with van der Waals surface area (Å²) in [6.45, 7) is 3.72. The summed E-state index contributed by atoms with van der Waals surface area (Å²) in [5.74, 6) is 0.110. The van der Waals surface area contributed by atoms with Crippen LogP contribution in [-0.2, 0) is 12.8 Å². The molecule has 132 valence electrons. The van der Waals surface area contributed by atoms with Gasteiger partial charge in [-0.3, -0.25) is 4.79 Å². The van der Waals surface area contributed by atoms with Crippen molar-refractivity contribution in [1.29, 1.82) is 0 Å². The average molecular weight is 338 g/mol. The van der Waals surface area contributed by atoms with E-state index in [2.05, 4.69) is 36.5 Å². The molecule has 0 spiro atoms. The van der Waals surface area contributed by atoms with E-state index in [0.29, 0.717) is 11.7 Å². The van der Waals surface area contributed by atoms with Gasteiger partial charge in [0, 0.05) is 30.4 Å². The molecule has 1 aromatic carbocycles. The third-order valence-corrected chi connectivity index (χ3v) is 5.60. The monoisotopic (exact) mass is 338 g/mol. The molecule has 0 unspecified atom stereocenters. The van der Waals surface area contributed by atoms with Crippen molar-refractivity contribution >= 4 is 5.91 Å². The quantitative estimate of drug-likeness (QED) is 0.935. The van der Waals surface area contributed by atoms with Crippen LogP contribution in [0.1, 0.15) is 46.6 Å². The summed E-state index contributed by atoms with van der Waals surface area (Å²) < 4.78 is 2.00. The minimum Gasteiger partial charge on any atom is -0.337 e. The molecule has 0 bridgehead atoms. The van der Waals surface area contributed by atoms with Crippen molar-refractivity contribution in [3.05, 3.63) is 46.8 Å². The summed E-state index contributed by atoms with van der Waals surface area (Å²) in [5.41, 5.74) is 5.35. The molecule has 1 aromatic heterocycles. The van der Waals surface area contributed by atoms with Crippen LogP contribution in [0, 0.1) is 6.92 Å². The molecule has 0 radical (unpaired) electrons. The van der Waals surface area contributed by atoms with Gasteiger partial charge in [0.1, 0.15) is 0 Å². The first-order valence-electron chi connectivity index (χ1n) is 9.31. The van der Waals surface area contributed by atoms with Gasteiger partial charge < -0.3 is 10.2 Å². The van der Waals surface area contributed by atoms with E-state index in [-0.39, 0.29) is 5.91 Å². The number of carbonyl (C=O) groups excluding carboxylic acids is 1. The number of carbonyl (C=O) groups is 1. The van der Waals surface area contributed by atoms with Crippen LogP contribution in [-0.4, -0.2) is 46.8 Å². The smallest absolute Gasteiger partial charge is 0.274 e. The molecule has 4 rings (SSSR count). The minimum atomic E-state index is 0.110. The Kier molecular flexibility index (Phi) is 4.34. The Balaban J connectivity index is 1.63. The summed E-state index contributed by atoms with van der Waals surface area (Å²) in [7, 11) is 2.00. The molecule has 1 N–H and O–H groups in total. The largest absolute Gasteiger partial charge is 0.337 e. The second-order valence-corrected chi connectivity index (χ2v) is 7.23. The Labute approximate surface area is 149 Å². The SMILES string of the molecule is CNC1CCN(C(=O)c2nn(-c3ccc(C)cc3)c3c2CCC3)CC1. The highest BCUT2D eigenvalue weighted by molar-refractivity contribution is 5.94. The average Bonchev–Trinajstić information content (AvgIpc) is 3.25. The Morgan fingerprint density at radius 2 is 1.88 bits per heavy atom. The number of hydrogen-bond acceptors (Lipinski definition) is 3. The van der Waals surface area contributed by atoms with E-state index in [0.717, 1.165) is 50.9 Å². The lowest BCUT2D eigenvalue weighted by Crippen LogP contribution is -2.44. The molecule has 2 aromatic rings. The van der Waals surface area contributed by atoms with Crippen molar-refractivity contribution in [3.8, 4) is 5.69 Å². The lowest BCUT2D eigenvalue weighted by Gasteiger charge is -2.31. The topological polar surface area (TPSA) is 50.2 Å². The fraction of sp³-hybridized carbons (Fsp3) is 0.500. The number of fused-ring (bicyclic) bond motifs is 1. The fourth-order valence-corrected chi connectivity index (χ4v) is 4.03. The molecule has 0 saturated carbocycles. The van der Waals surface area contributed by atoms with Crippen LogP contribution in [0.3, 0.4) is 0 Å². The Bertz CT molecular complexity index is 770. The highest BCUT2D eigenvalue weighted by Crippen LogP contribution is 2.29. The predicted molar refractivity (Wildman–Crippen MR) is 98.3 cm³/mol. The number of benzene rings is 1. The predicted octanol–water partition coefficient (Wildman–Crippen LogP) is 2.49. The third kappa shape index (κ3) is 2.97. The number of amides is 1. The molecule has 25 heavy (non-hydrogen) atoms. The Morgan fingerprint density at radius 1 is 1.16 bits per heavy atom. The number of nitrogens with zero attached hydrogens (tertiary/aromatic N) is 3. The molecule has 1 saturated heterocycles. The van der Waals surface area contributed by atoms with Gasteiger partial charge in [0.05, 0.1) is 5.69 Å². The molecule has 5 heteroatoms. The summed E-state index contributed by atoms with van der Waals surface area (Å²) in [5, 5.41) is 8.07. The number of aromatic nitrogens is 2. The van der Waals surface area contributed by atoms with Gasteiger partial charge in [-0.25, -0.2) is 4.68 Å². The van der Waals surface area contributed by atoms with Crippen LogP contribution in [0.4, 0.5) is 0 Å². The summed E-state index contributed by atoms with van der Waals surface area (Å²) >= 11 is 0. The number of aryl methyl sites for hydroxylation is 1. The lowest BCUT2D eigenvalue weighted by atomic mass is 10.0. The molecule has 1 fully saturated rings. The minimum absolute atomic E-state index is 0.110. The number of rotatable bonds is 3. The second kappa shape index (κ2) is 6.64. The first kappa shape index (κ1) is 16.3. The Morgan fingerprint density at radius 3 is 2.56 bits per heavy atom. The third-order valence-electron chi connectivity index (χ3n) is 5.60. The lowest BCUT2D eigenvalue weighted by molar-refractivity contribution is 0.0700. The molecular weight excluding hydrogens is 312 g/mol. The second-order valence-electron chi connectivity index (χ2n) is 7.23. The molecule has 1 aliphatic heterocycles. The van der Waals surface area contributed by atoms with E-state index < -0.39 is 0 Å². The van der Waals surface area contributed by atoms with Crippen LogP contribution in [0.15, 0.2) is 24.3 Å². The molecule has 5 nitrogen and oxygen atoms in total. The van der Waals surface area contributed by atoms with Crippen LogP contribution < -0.4 is 5.32 Å². The van der Waals surface area contributed by atoms with E-state index in [4.69, 9.17) is 5.10 Å². The van der Waals surface area contributed by atoms with Gasteiger partial charge in [-0.1, -0.05) is 17.7 Å². The van der Waals surface area contributed by atoms with E-state index >= 15 is 0 Å². The zero-order valence-corrected chi connectivity index (χ0v) is 15.1. The van der Waals surface area contributed by atoms with Gasteiger partial charge >= 0.3 is 0 Å². The molecule has 2 aliphatic rings. The van der Waals surface area contributed by atoms with E-state index in [1.165, 1.54) is 16.8 Å². The van der Waals surface area contributed by atoms with E-state index in [1.807, 2.05) is 16.6 Å². The van der Waals surface area contributed by atoms with Crippen LogP contribution in [0.2, 0.25) is 0 Å². The Hall–Kier alpha value is -2.14. The van der Waals surface area contributed by atoms with Gasteiger partial charge in [-0.2, -0.15) is 5.10 Å². The van der Waals surface area contributed by atoms with Gasteiger partial charge in [-0.15, -0.1) is 0 Å². The van der Waals surface area contributed by atoms with Crippen LogP contribution >= 0.6 is 0 Å². The van der Waals surface area contributed by atoms with Gasteiger partial charge in [0.25, 0.3) is 5.91 Å². The standard InChI is InChI=1S/C20H26N4O/c1-14-6-8-16(9-7-14)24-18-5-3-4-17(18)19(22-24)20(25)23-12-10-15(21-2)11-13-23/h6-9,15,21H,3-5,10-13H2,1-2H3. The maximum absolute atomic E-state index is 13.1. The maximum Gasteiger partial charge on any atom is 0.274 e. The van der Waals surface area contributed by atoms with Crippen molar-refractivity contribution in [3.63, 3.8) is 0 Å². The fourth-order valence-electron chi connectivity index (χ4n) is 4.03. The highest BCUT2D eigenvalue weighted by Gasteiger charge is 2.31. The van der Waals surface area contributed by atoms with Crippen LogP contribution in [0.5, 0.6) is 0 Å². The molecule has 2 heterocycles. The van der Waals surface area contributed by atoms with Crippen LogP contribution in [0.25, 0.3) is 5.69 Å². The number of nitrogens with one attached hydrogen (secondary N) is 1. The molecular formula is C20H26N4O. The van der Waals surface area contributed by atoms with Gasteiger partial charge in [0.2, 0.25) is 0 Å². The summed E-state index contributed by atoms with van der Waals surface area (Å²) in [4.78, 5) is 15.1. The molecule has 0 atom stereocenters. The first-order chi connectivity index (χ1) is 12.2. The van der Waals surface area contributed by atoms with Gasteiger partial charge in [-0.05, 0) is 58.2 Å². The zero-order valence-electron chi connectivity index (χ0n) is 15.1. The number of hydrogen-bond donors (Lipinski definition) is 1. The number of likely N-dealkylation sites (tertiary alicyclic amines) is 1. The zero-order chi connectivity index (χ0) is 17.4. The highest BCUT2D eigenvalue weighted by atomic mass is 16.2. The first-order valence-corrected chi connectivity index (χ1v) is 9.31. The summed E-state index contributed by atoms with van der Waals surface area (Å²) in [6.07, 6.45) is 5.12. The van der Waals surface area contributed by atoms with E-state index in [1.54, 1.807) is 0 Å². The van der Waals surface area contributed by atoms with Crippen molar-refractivity contribution in [2.75, 3.05) is 20.1 Å². The van der Waals surface area contributed by atoms with Crippen molar-refractivity contribution in [2.24, 2.45) is 0 Å². The van der Waals surface area contributed by atoms with Crippen molar-refractivity contribution in [1.82, 2.24) is 20.0 Å². The van der Waals surface area contributed by atoms with Gasteiger partial charge in [0.15, 0.2) is 5.69 Å². The van der Waals surface area contributed by atoms with Crippen molar-refractivity contribution in [2.45, 2.75) is 45.1 Å². The number of piperidine rings is 1. The normalized spacial score (nSPS) is 17.8. The molecule has 1 aliphatic carbocycles. The summed E-state index contributed by atoms with van der Waals surface area (Å²) in [6, 6.07) is 8.91.